The lowest BCUT2D eigenvalue weighted by atomic mass is 10.2. The van der Waals surface area contributed by atoms with Crippen LogP contribution in [0.2, 0.25) is 0 Å². The number of nitrogens with one attached hydrogen (secondary N) is 2. The highest BCUT2D eigenvalue weighted by Gasteiger charge is 2.19. The average Bonchev–Trinajstić information content (AvgIpc) is 2.72. The molecule has 0 radical (unpaired) electrons. The summed E-state index contributed by atoms with van der Waals surface area (Å²) in [5, 5.41) is 5.28. The molecule has 0 aromatic heterocycles. The van der Waals surface area contributed by atoms with Gasteiger partial charge in [-0.3, -0.25) is 9.59 Å². The van der Waals surface area contributed by atoms with Crippen LogP contribution in [-0.2, 0) is 19.1 Å². The van der Waals surface area contributed by atoms with Crippen LogP contribution in [0.3, 0.4) is 0 Å². The second-order valence-electron chi connectivity index (χ2n) is 6.46. The number of carbonyl (C=O) groups excluding carboxylic acids is 3. The zero-order valence-electron chi connectivity index (χ0n) is 17.3. The van der Waals surface area contributed by atoms with Gasteiger partial charge in [-0.1, -0.05) is 19.1 Å². The Bertz CT molecular complexity index is 866. The van der Waals surface area contributed by atoms with Gasteiger partial charge >= 0.3 is 5.97 Å². The predicted molar refractivity (Wildman–Crippen MR) is 113 cm³/mol. The normalized spacial score (nSPS) is 11.2. The topological polar surface area (TPSA) is 103 Å². The minimum atomic E-state index is -1.01. The number of ether oxygens (including phenoxy) is 3. The second-order valence-corrected chi connectivity index (χ2v) is 6.46. The molecule has 8 nitrogen and oxygen atoms in total. The lowest BCUT2D eigenvalue weighted by Crippen LogP contribution is -2.31. The molecule has 2 amide bonds. The van der Waals surface area contributed by atoms with Crippen molar-refractivity contribution in [1.82, 2.24) is 0 Å². The molecule has 0 heterocycles. The minimum absolute atomic E-state index is 0.186. The molecule has 2 rings (SSSR count). The van der Waals surface area contributed by atoms with Crippen molar-refractivity contribution in [2.24, 2.45) is 0 Å². The molecule has 30 heavy (non-hydrogen) atoms. The van der Waals surface area contributed by atoms with Crippen LogP contribution in [0.5, 0.6) is 11.5 Å². The fourth-order valence-electron chi connectivity index (χ4n) is 2.41. The predicted octanol–water partition coefficient (Wildman–Crippen LogP) is 3.38. The number of hydrogen-bond acceptors (Lipinski definition) is 6. The first-order valence-electron chi connectivity index (χ1n) is 9.61. The minimum Gasteiger partial charge on any atom is -0.490 e. The maximum Gasteiger partial charge on any atom is 0.344 e. The summed E-state index contributed by atoms with van der Waals surface area (Å²) in [5.41, 5.74) is 1.12. The van der Waals surface area contributed by atoms with Gasteiger partial charge in [-0.15, -0.1) is 0 Å². The van der Waals surface area contributed by atoms with E-state index in [1.54, 1.807) is 42.5 Å². The molecular formula is C22H26N2O6. The third-order valence-electron chi connectivity index (χ3n) is 3.81. The Labute approximate surface area is 175 Å². The van der Waals surface area contributed by atoms with Crippen LogP contribution >= 0.6 is 0 Å². The lowest BCUT2D eigenvalue weighted by Gasteiger charge is -2.15. The van der Waals surface area contributed by atoms with Crippen molar-refractivity contribution in [1.29, 1.82) is 0 Å². The van der Waals surface area contributed by atoms with E-state index in [0.29, 0.717) is 29.5 Å². The van der Waals surface area contributed by atoms with Crippen LogP contribution < -0.4 is 20.1 Å². The van der Waals surface area contributed by atoms with Crippen LogP contribution in [0.25, 0.3) is 0 Å². The highest BCUT2D eigenvalue weighted by molar-refractivity contribution is 5.95. The number of anilines is 2. The Balaban J connectivity index is 1.82. The van der Waals surface area contributed by atoms with E-state index in [1.807, 2.05) is 13.0 Å². The first-order valence-corrected chi connectivity index (χ1v) is 9.61. The zero-order valence-corrected chi connectivity index (χ0v) is 17.3. The number of para-hydroxylation sites is 2. The molecule has 2 aromatic rings. The molecule has 0 saturated carbocycles. The number of esters is 1. The van der Waals surface area contributed by atoms with Gasteiger partial charge in [0.05, 0.1) is 6.61 Å². The third kappa shape index (κ3) is 7.46. The zero-order chi connectivity index (χ0) is 21.9. The SMILES string of the molecule is CCCOc1ccccc1OCC(=O)O[C@H](C)C(=O)Nc1ccc(NC(C)=O)cc1. The van der Waals surface area contributed by atoms with Crippen LogP contribution in [0.4, 0.5) is 11.4 Å². The first kappa shape index (κ1) is 22.7. The van der Waals surface area contributed by atoms with Crippen molar-refractivity contribution < 1.29 is 28.6 Å². The molecule has 0 saturated heterocycles. The smallest absolute Gasteiger partial charge is 0.344 e. The summed E-state index contributed by atoms with van der Waals surface area (Å²) in [6.07, 6.45) is -0.165. The van der Waals surface area contributed by atoms with Gasteiger partial charge < -0.3 is 24.8 Å². The summed E-state index contributed by atoms with van der Waals surface area (Å²) in [7, 11) is 0. The van der Waals surface area contributed by atoms with Crippen molar-refractivity contribution in [2.45, 2.75) is 33.3 Å². The molecule has 8 heteroatoms. The summed E-state index contributed by atoms with van der Waals surface area (Å²) in [6, 6.07) is 13.6. The molecule has 2 aromatic carbocycles. The Morgan fingerprint density at radius 3 is 2.03 bits per heavy atom. The maximum absolute atomic E-state index is 12.2. The fourth-order valence-corrected chi connectivity index (χ4v) is 2.41. The Morgan fingerprint density at radius 1 is 0.900 bits per heavy atom. The van der Waals surface area contributed by atoms with Crippen LogP contribution in [0, 0.1) is 0 Å². The molecule has 0 unspecified atom stereocenters. The summed E-state index contributed by atoms with van der Waals surface area (Å²) >= 11 is 0. The van der Waals surface area contributed by atoms with Crippen molar-refractivity contribution in [3.8, 4) is 11.5 Å². The number of amides is 2. The molecule has 2 N–H and O–H groups in total. The summed E-state index contributed by atoms with van der Waals surface area (Å²) in [4.78, 5) is 35.3. The van der Waals surface area contributed by atoms with Gasteiger partial charge in [-0.05, 0) is 49.7 Å². The highest BCUT2D eigenvalue weighted by Crippen LogP contribution is 2.26. The van der Waals surface area contributed by atoms with E-state index in [-0.39, 0.29) is 12.5 Å². The van der Waals surface area contributed by atoms with Crippen LogP contribution in [0.15, 0.2) is 48.5 Å². The lowest BCUT2D eigenvalue weighted by molar-refractivity contribution is -0.155. The fraction of sp³-hybridized carbons (Fsp3) is 0.318. The van der Waals surface area contributed by atoms with E-state index in [4.69, 9.17) is 14.2 Å². The van der Waals surface area contributed by atoms with E-state index in [1.165, 1.54) is 13.8 Å². The number of rotatable bonds is 10. The average molecular weight is 414 g/mol. The molecule has 0 bridgehead atoms. The van der Waals surface area contributed by atoms with Crippen molar-refractivity contribution in [2.75, 3.05) is 23.8 Å². The summed E-state index contributed by atoms with van der Waals surface area (Å²) < 4.78 is 16.2. The van der Waals surface area contributed by atoms with Gasteiger partial charge in [0.2, 0.25) is 5.91 Å². The van der Waals surface area contributed by atoms with Gasteiger partial charge in [0.15, 0.2) is 24.2 Å². The quantitative estimate of drug-likeness (QED) is 0.578. The van der Waals surface area contributed by atoms with E-state index in [2.05, 4.69) is 10.6 Å². The molecular weight excluding hydrogens is 388 g/mol. The van der Waals surface area contributed by atoms with Crippen molar-refractivity contribution in [3.63, 3.8) is 0 Å². The highest BCUT2D eigenvalue weighted by atomic mass is 16.6. The monoisotopic (exact) mass is 414 g/mol. The van der Waals surface area contributed by atoms with E-state index < -0.39 is 18.0 Å². The largest absolute Gasteiger partial charge is 0.490 e. The molecule has 160 valence electrons. The molecule has 0 aliphatic heterocycles. The van der Waals surface area contributed by atoms with Crippen LogP contribution in [0.1, 0.15) is 27.2 Å². The van der Waals surface area contributed by atoms with Crippen molar-refractivity contribution >= 4 is 29.2 Å². The summed E-state index contributed by atoms with van der Waals surface area (Å²) in [5.74, 6) is -0.375. The van der Waals surface area contributed by atoms with E-state index in [0.717, 1.165) is 6.42 Å². The Kier molecular flexibility index (Phi) is 8.68. The Morgan fingerprint density at radius 2 is 1.47 bits per heavy atom. The number of benzene rings is 2. The summed E-state index contributed by atoms with van der Waals surface area (Å²) in [6.45, 7) is 5.05. The first-order chi connectivity index (χ1) is 14.4. The third-order valence-corrected chi connectivity index (χ3v) is 3.81. The van der Waals surface area contributed by atoms with Crippen molar-refractivity contribution in [3.05, 3.63) is 48.5 Å². The molecule has 1 atom stereocenters. The van der Waals surface area contributed by atoms with Gasteiger partial charge in [0.25, 0.3) is 5.91 Å². The van der Waals surface area contributed by atoms with E-state index in [9.17, 15) is 14.4 Å². The molecule has 0 spiro atoms. The molecule has 0 aliphatic carbocycles. The number of carbonyl (C=O) groups is 3. The van der Waals surface area contributed by atoms with Gasteiger partial charge in [0, 0.05) is 18.3 Å². The molecule has 0 aliphatic rings. The van der Waals surface area contributed by atoms with Gasteiger partial charge in [0.1, 0.15) is 0 Å². The standard InChI is InChI=1S/C22H26N2O6/c1-4-13-28-19-7-5-6-8-20(19)29-14-21(26)30-15(2)22(27)24-18-11-9-17(10-12-18)23-16(3)25/h5-12,15H,4,13-14H2,1-3H3,(H,23,25)(H,24,27)/t15-/m1/s1. The van der Waals surface area contributed by atoms with Gasteiger partial charge in [-0.2, -0.15) is 0 Å². The van der Waals surface area contributed by atoms with E-state index >= 15 is 0 Å². The van der Waals surface area contributed by atoms with Crippen LogP contribution in [-0.4, -0.2) is 37.1 Å². The molecule has 0 fully saturated rings. The maximum atomic E-state index is 12.2. The number of hydrogen-bond donors (Lipinski definition) is 2. The Hall–Kier alpha value is -3.55. The van der Waals surface area contributed by atoms with Gasteiger partial charge in [-0.25, -0.2) is 4.79 Å². The second kappa shape index (κ2) is 11.5.